The molecule has 1 aromatic carbocycles. The summed E-state index contributed by atoms with van der Waals surface area (Å²) in [6.07, 6.45) is 5.44. The van der Waals surface area contributed by atoms with E-state index in [-0.39, 0.29) is 0 Å². The van der Waals surface area contributed by atoms with E-state index in [4.69, 9.17) is 0 Å². The Labute approximate surface area is 112 Å². The van der Waals surface area contributed by atoms with Gasteiger partial charge in [-0.05, 0) is 43.5 Å². The number of nitrogens with zero attached hydrogens (tertiary/aromatic N) is 2. The zero-order valence-corrected chi connectivity index (χ0v) is 12.0. The molecular formula is C16H26N2. The van der Waals surface area contributed by atoms with Crippen LogP contribution in [0.4, 0.5) is 5.69 Å². The average molecular weight is 246 g/mol. The molecule has 1 aliphatic rings. The Balaban J connectivity index is 2.05. The van der Waals surface area contributed by atoms with Gasteiger partial charge in [-0.15, -0.1) is 0 Å². The number of benzene rings is 1. The van der Waals surface area contributed by atoms with E-state index in [9.17, 15) is 0 Å². The van der Waals surface area contributed by atoms with Crippen LogP contribution in [0, 0.1) is 0 Å². The zero-order chi connectivity index (χ0) is 13.0. The van der Waals surface area contributed by atoms with Gasteiger partial charge in [-0.1, -0.05) is 25.5 Å². The van der Waals surface area contributed by atoms with Crippen molar-refractivity contribution in [1.82, 2.24) is 4.90 Å². The Morgan fingerprint density at radius 2 is 2.11 bits per heavy atom. The van der Waals surface area contributed by atoms with Crippen LogP contribution in [-0.2, 0) is 6.54 Å². The highest BCUT2D eigenvalue weighted by Crippen LogP contribution is 2.23. The Bertz CT molecular complexity index is 373. The maximum atomic E-state index is 2.66. The van der Waals surface area contributed by atoms with Crippen molar-refractivity contribution in [2.75, 3.05) is 25.5 Å². The third-order valence-corrected chi connectivity index (χ3v) is 4.03. The summed E-state index contributed by atoms with van der Waals surface area (Å²) in [6.45, 7) is 4.70. The van der Waals surface area contributed by atoms with Crippen molar-refractivity contribution in [2.45, 2.75) is 45.2 Å². The summed E-state index contributed by atoms with van der Waals surface area (Å²) in [5.74, 6) is 0. The standard InChI is InChI=1S/C16H26N2/c1-4-15-9-5-6-11-18(15)13-14-8-7-10-16(12-14)17(2)3/h7-8,10,12,15H,4-6,9,11,13H2,1-3H3/t15-/m1/s1. The van der Waals surface area contributed by atoms with E-state index in [1.165, 1.54) is 43.5 Å². The fraction of sp³-hybridized carbons (Fsp3) is 0.625. The Morgan fingerprint density at radius 1 is 1.28 bits per heavy atom. The third-order valence-electron chi connectivity index (χ3n) is 4.03. The minimum absolute atomic E-state index is 0.793. The molecule has 1 fully saturated rings. The minimum atomic E-state index is 0.793. The third kappa shape index (κ3) is 3.26. The first-order chi connectivity index (χ1) is 8.70. The van der Waals surface area contributed by atoms with Crippen LogP contribution < -0.4 is 4.90 Å². The Morgan fingerprint density at radius 3 is 2.83 bits per heavy atom. The van der Waals surface area contributed by atoms with Crippen LogP contribution in [0.3, 0.4) is 0 Å². The van der Waals surface area contributed by atoms with Crippen molar-refractivity contribution >= 4 is 5.69 Å². The summed E-state index contributed by atoms with van der Waals surface area (Å²) in [7, 11) is 4.21. The van der Waals surface area contributed by atoms with Crippen LogP contribution >= 0.6 is 0 Å². The van der Waals surface area contributed by atoms with Gasteiger partial charge >= 0.3 is 0 Å². The summed E-state index contributed by atoms with van der Waals surface area (Å²) >= 11 is 0. The summed E-state index contributed by atoms with van der Waals surface area (Å²) < 4.78 is 0. The molecule has 0 amide bonds. The van der Waals surface area contributed by atoms with Crippen LogP contribution in [0.5, 0.6) is 0 Å². The maximum absolute atomic E-state index is 2.66. The summed E-state index contributed by atoms with van der Waals surface area (Å²) in [5, 5.41) is 0. The molecule has 0 bridgehead atoms. The molecule has 0 aromatic heterocycles. The van der Waals surface area contributed by atoms with Gasteiger partial charge in [-0.2, -0.15) is 0 Å². The molecule has 2 heteroatoms. The molecular weight excluding hydrogens is 220 g/mol. The highest BCUT2D eigenvalue weighted by Gasteiger charge is 2.20. The second-order valence-electron chi connectivity index (χ2n) is 5.59. The molecule has 0 unspecified atom stereocenters. The lowest BCUT2D eigenvalue weighted by atomic mass is 9.99. The monoisotopic (exact) mass is 246 g/mol. The lowest BCUT2D eigenvalue weighted by molar-refractivity contribution is 0.136. The van der Waals surface area contributed by atoms with E-state index >= 15 is 0 Å². The van der Waals surface area contributed by atoms with E-state index in [0.717, 1.165) is 12.6 Å². The zero-order valence-electron chi connectivity index (χ0n) is 12.0. The van der Waals surface area contributed by atoms with Gasteiger partial charge in [-0.3, -0.25) is 4.90 Å². The summed E-state index contributed by atoms with van der Waals surface area (Å²) in [6, 6.07) is 9.73. The van der Waals surface area contributed by atoms with Crippen molar-refractivity contribution < 1.29 is 0 Å². The summed E-state index contributed by atoms with van der Waals surface area (Å²) in [4.78, 5) is 4.84. The van der Waals surface area contributed by atoms with Gasteiger partial charge in [0.1, 0.15) is 0 Å². The van der Waals surface area contributed by atoms with Crippen molar-refractivity contribution in [3.63, 3.8) is 0 Å². The highest BCUT2D eigenvalue weighted by molar-refractivity contribution is 5.47. The molecule has 2 rings (SSSR count). The number of hydrogen-bond acceptors (Lipinski definition) is 2. The van der Waals surface area contributed by atoms with Crippen LogP contribution in [0.2, 0.25) is 0 Å². The fourth-order valence-electron chi connectivity index (χ4n) is 2.90. The van der Waals surface area contributed by atoms with Crippen LogP contribution in [-0.4, -0.2) is 31.6 Å². The first-order valence-electron chi connectivity index (χ1n) is 7.21. The van der Waals surface area contributed by atoms with Gasteiger partial charge < -0.3 is 4.90 Å². The van der Waals surface area contributed by atoms with Gasteiger partial charge in [0.05, 0.1) is 0 Å². The van der Waals surface area contributed by atoms with Crippen molar-refractivity contribution in [2.24, 2.45) is 0 Å². The molecule has 1 saturated heterocycles. The van der Waals surface area contributed by atoms with Crippen molar-refractivity contribution in [3.8, 4) is 0 Å². The normalized spacial score (nSPS) is 20.9. The molecule has 100 valence electrons. The number of anilines is 1. The molecule has 0 aliphatic carbocycles. The molecule has 1 atom stereocenters. The molecule has 1 aliphatic heterocycles. The van der Waals surface area contributed by atoms with E-state index in [0.29, 0.717) is 0 Å². The molecule has 1 aromatic rings. The second kappa shape index (κ2) is 6.24. The van der Waals surface area contributed by atoms with E-state index in [1.807, 2.05) is 0 Å². The highest BCUT2D eigenvalue weighted by atomic mass is 15.2. The molecule has 1 heterocycles. The number of hydrogen-bond donors (Lipinski definition) is 0. The van der Waals surface area contributed by atoms with Crippen molar-refractivity contribution in [3.05, 3.63) is 29.8 Å². The Kier molecular flexibility index (Phi) is 4.65. The Hall–Kier alpha value is -1.02. The van der Waals surface area contributed by atoms with E-state index in [2.05, 4.69) is 55.1 Å². The predicted octanol–water partition coefficient (Wildman–Crippen LogP) is 3.52. The molecule has 0 N–H and O–H groups in total. The molecule has 2 nitrogen and oxygen atoms in total. The van der Waals surface area contributed by atoms with Gasteiger partial charge in [-0.25, -0.2) is 0 Å². The smallest absolute Gasteiger partial charge is 0.0364 e. The first kappa shape index (κ1) is 13.4. The number of rotatable bonds is 4. The summed E-state index contributed by atoms with van der Waals surface area (Å²) in [5.41, 5.74) is 2.75. The van der Waals surface area contributed by atoms with Crippen LogP contribution in [0.25, 0.3) is 0 Å². The molecule has 0 radical (unpaired) electrons. The van der Waals surface area contributed by atoms with E-state index < -0.39 is 0 Å². The van der Waals surface area contributed by atoms with Crippen molar-refractivity contribution in [1.29, 1.82) is 0 Å². The van der Waals surface area contributed by atoms with Gasteiger partial charge in [0.15, 0.2) is 0 Å². The van der Waals surface area contributed by atoms with Crippen LogP contribution in [0.1, 0.15) is 38.2 Å². The minimum Gasteiger partial charge on any atom is -0.378 e. The topological polar surface area (TPSA) is 6.48 Å². The van der Waals surface area contributed by atoms with Gasteiger partial charge in [0.2, 0.25) is 0 Å². The largest absolute Gasteiger partial charge is 0.378 e. The number of piperidine rings is 1. The molecule has 18 heavy (non-hydrogen) atoms. The quantitative estimate of drug-likeness (QED) is 0.802. The number of likely N-dealkylation sites (tertiary alicyclic amines) is 1. The maximum Gasteiger partial charge on any atom is 0.0364 e. The van der Waals surface area contributed by atoms with Gasteiger partial charge in [0.25, 0.3) is 0 Å². The average Bonchev–Trinajstić information content (AvgIpc) is 2.39. The SMILES string of the molecule is CC[C@@H]1CCCCN1Cc1cccc(N(C)C)c1. The lowest BCUT2D eigenvalue weighted by Gasteiger charge is -2.35. The fourth-order valence-corrected chi connectivity index (χ4v) is 2.90. The lowest BCUT2D eigenvalue weighted by Crippen LogP contribution is -2.38. The second-order valence-corrected chi connectivity index (χ2v) is 5.59. The predicted molar refractivity (Wildman–Crippen MR) is 79.1 cm³/mol. The van der Waals surface area contributed by atoms with Gasteiger partial charge in [0, 0.05) is 32.4 Å². The first-order valence-corrected chi connectivity index (χ1v) is 7.21. The van der Waals surface area contributed by atoms with Crippen LogP contribution in [0.15, 0.2) is 24.3 Å². The van der Waals surface area contributed by atoms with E-state index in [1.54, 1.807) is 0 Å². The molecule has 0 spiro atoms. The molecule has 0 saturated carbocycles.